The number of anilines is 1. The summed E-state index contributed by atoms with van der Waals surface area (Å²) in [5.41, 5.74) is 3.61. The van der Waals surface area contributed by atoms with Crippen molar-refractivity contribution in [3.63, 3.8) is 0 Å². The minimum absolute atomic E-state index is 0.852. The standard InChI is InChI=1S/C17H22BrN3/c1-4-19-11-15-9-13(2)20-17(10-15)21(3)12-14-5-7-16(18)8-6-14/h5-10,19H,4,11-12H2,1-3H3. The predicted molar refractivity (Wildman–Crippen MR) is 92.6 cm³/mol. The Morgan fingerprint density at radius 2 is 1.86 bits per heavy atom. The highest BCUT2D eigenvalue weighted by atomic mass is 79.9. The monoisotopic (exact) mass is 347 g/mol. The van der Waals surface area contributed by atoms with Crippen LogP contribution in [0.15, 0.2) is 40.9 Å². The minimum atomic E-state index is 0.852. The SMILES string of the molecule is CCNCc1cc(C)nc(N(C)Cc2ccc(Br)cc2)c1. The first-order valence-electron chi connectivity index (χ1n) is 7.22. The maximum absolute atomic E-state index is 4.64. The molecule has 2 aromatic rings. The zero-order chi connectivity index (χ0) is 15.2. The number of benzene rings is 1. The summed E-state index contributed by atoms with van der Waals surface area (Å²) < 4.78 is 1.11. The molecule has 0 amide bonds. The van der Waals surface area contributed by atoms with E-state index in [1.54, 1.807) is 0 Å². The van der Waals surface area contributed by atoms with Gasteiger partial charge >= 0.3 is 0 Å². The Labute approximate surface area is 135 Å². The van der Waals surface area contributed by atoms with Gasteiger partial charge < -0.3 is 10.2 Å². The van der Waals surface area contributed by atoms with Crippen molar-refractivity contribution in [3.05, 3.63) is 57.7 Å². The maximum atomic E-state index is 4.64. The molecule has 0 aliphatic heterocycles. The number of hydrogen-bond donors (Lipinski definition) is 1. The van der Waals surface area contributed by atoms with Crippen molar-refractivity contribution < 1.29 is 0 Å². The van der Waals surface area contributed by atoms with Gasteiger partial charge in [-0.2, -0.15) is 0 Å². The molecule has 2 rings (SSSR count). The summed E-state index contributed by atoms with van der Waals surface area (Å²) in [5, 5.41) is 3.36. The van der Waals surface area contributed by atoms with E-state index >= 15 is 0 Å². The largest absolute Gasteiger partial charge is 0.355 e. The summed E-state index contributed by atoms with van der Waals surface area (Å²) in [7, 11) is 2.08. The van der Waals surface area contributed by atoms with Crippen LogP contribution >= 0.6 is 15.9 Å². The first kappa shape index (κ1) is 16.0. The number of hydrogen-bond acceptors (Lipinski definition) is 3. The Kier molecular flexibility index (Phi) is 5.76. The van der Waals surface area contributed by atoms with Gasteiger partial charge in [-0.15, -0.1) is 0 Å². The number of nitrogens with one attached hydrogen (secondary N) is 1. The average molecular weight is 348 g/mol. The summed E-state index contributed by atoms with van der Waals surface area (Å²) in [6.07, 6.45) is 0. The van der Waals surface area contributed by atoms with Crippen LogP contribution in [0.1, 0.15) is 23.7 Å². The first-order chi connectivity index (χ1) is 10.1. The summed E-state index contributed by atoms with van der Waals surface area (Å²) in [5.74, 6) is 1.02. The molecule has 21 heavy (non-hydrogen) atoms. The Morgan fingerprint density at radius 1 is 1.14 bits per heavy atom. The number of aromatic nitrogens is 1. The topological polar surface area (TPSA) is 28.2 Å². The molecule has 1 heterocycles. The maximum Gasteiger partial charge on any atom is 0.129 e. The number of rotatable bonds is 6. The van der Waals surface area contributed by atoms with Gasteiger partial charge in [0.1, 0.15) is 5.82 Å². The first-order valence-corrected chi connectivity index (χ1v) is 8.01. The second-order valence-corrected chi connectivity index (χ2v) is 6.15. The van der Waals surface area contributed by atoms with E-state index in [1.165, 1.54) is 11.1 Å². The van der Waals surface area contributed by atoms with E-state index in [0.29, 0.717) is 0 Å². The van der Waals surface area contributed by atoms with E-state index in [9.17, 15) is 0 Å². The number of nitrogens with zero attached hydrogens (tertiary/aromatic N) is 2. The third-order valence-electron chi connectivity index (χ3n) is 3.30. The molecule has 0 bridgehead atoms. The lowest BCUT2D eigenvalue weighted by Gasteiger charge is -2.20. The van der Waals surface area contributed by atoms with Gasteiger partial charge in [-0.3, -0.25) is 0 Å². The van der Waals surface area contributed by atoms with Gasteiger partial charge in [-0.1, -0.05) is 35.0 Å². The van der Waals surface area contributed by atoms with Crippen LogP contribution in [0.25, 0.3) is 0 Å². The van der Waals surface area contributed by atoms with Crippen molar-refractivity contribution in [2.24, 2.45) is 0 Å². The lowest BCUT2D eigenvalue weighted by Crippen LogP contribution is -2.19. The predicted octanol–water partition coefficient (Wildman–Crippen LogP) is 3.90. The highest BCUT2D eigenvalue weighted by Gasteiger charge is 2.06. The van der Waals surface area contributed by atoms with E-state index in [2.05, 4.69) is 81.5 Å². The molecule has 112 valence electrons. The Morgan fingerprint density at radius 3 is 2.52 bits per heavy atom. The van der Waals surface area contributed by atoms with Gasteiger partial charge in [0.05, 0.1) is 0 Å². The van der Waals surface area contributed by atoms with Gasteiger partial charge in [0.25, 0.3) is 0 Å². The van der Waals surface area contributed by atoms with Crippen LogP contribution in [0.2, 0.25) is 0 Å². The van der Waals surface area contributed by atoms with Gasteiger partial charge in [0.15, 0.2) is 0 Å². The highest BCUT2D eigenvalue weighted by molar-refractivity contribution is 9.10. The fourth-order valence-corrected chi connectivity index (χ4v) is 2.50. The molecule has 0 fully saturated rings. The molecular formula is C17H22BrN3. The highest BCUT2D eigenvalue weighted by Crippen LogP contribution is 2.17. The molecule has 1 N–H and O–H groups in total. The van der Waals surface area contributed by atoms with Crippen LogP contribution in [-0.2, 0) is 13.1 Å². The molecule has 0 saturated heterocycles. The minimum Gasteiger partial charge on any atom is -0.355 e. The van der Waals surface area contributed by atoms with E-state index in [1.807, 2.05) is 6.92 Å². The van der Waals surface area contributed by atoms with Crippen LogP contribution in [0.4, 0.5) is 5.82 Å². The Hall–Kier alpha value is -1.39. The second-order valence-electron chi connectivity index (χ2n) is 5.24. The van der Waals surface area contributed by atoms with E-state index < -0.39 is 0 Å². The molecule has 3 nitrogen and oxygen atoms in total. The molecule has 0 radical (unpaired) electrons. The fraction of sp³-hybridized carbons (Fsp3) is 0.353. The normalized spacial score (nSPS) is 10.7. The van der Waals surface area contributed by atoms with Crippen molar-refractivity contribution in [2.45, 2.75) is 26.9 Å². The zero-order valence-corrected chi connectivity index (χ0v) is 14.4. The Balaban J connectivity index is 2.12. The van der Waals surface area contributed by atoms with Gasteiger partial charge in [0, 0.05) is 30.3 Å². The third kappa shape index (κ3) is 4.83. The van der Waals surface area contributed by atoms with Gasteiger partial charge in [-0.25, -0.2) is 4.98 Å². The molecule has 4 heteroatoms. The molecule has 0 atom stereocenters. The van der Waals surface area contributed by atoms with Crippen molar-refractivity contribution >= 4 is 21.7 Å². The summed E-state index contributed by atoms with van der Waals surface area (Å²) in [6.45, 7) is 6.88. The van der Waals surface area contributed by atoms with Crippen LogP contribution < -0.4 is 10.2 Å². The van der Waals surface area contributed by atoms with Gasteiger partial charge in [-0.05, 0) is 48.9 Å². The van der Waals surface area contributed by atoms with Crippen LogP contribution in [0.3, 0.4) is 0 Å². The van der Waals surface area contributed by atoms with E-state index in [4.69, 9.17) is 0 Å². The van der Waals surface area contributed by atoms with Gasteiger partial charge in [0.2, 0.25) is 0 Å². The number of pyridine rings is 1. The lowest BCUT2D eigenvalue weighted by atomic mass is 10.2. The van der Waals surface area contributed by atoms with Crippen molar-refractivity contribution in [3.8, 4) is 0 Å². The molecule has 0 aliphatic carbocycles. The van der Waals surface area contributed by atoms with Crippen LogP contribution in [0, 0.1) is 6.92 Å². The van der Waals surface area contributed by atoms with Crippen molar-refractivity contribution in [1.29, 1.82) is 0 Å². The molecule has 0 unspecified atom stereocenters. The average Bonchev–Trinajstić information content (AvgIpc) is 2.47. The molecule has 1 aromatic carbocycles. The molecule has 0 aliphatic rings. The third-order valence-corrected chi connectivity index (χ3v) is 3.83. The molecular weight excluding hydrogens is 326 g/mol. The Bertz CT molecular complexity index is 581. The summed E-state index contributed by atoms with van der Waals surface area (Å²) >= 11 is 3.47. The van der Waals surface area contributed by atoms with Crippen molar-refractivity contribution in [2.75, 3.05) is 18.5 Å². The van der Waals surface area contributed by atoms with Crippen molar-refractivity contribution in [1.82, 2.24) is 10.3 Å². The lowest BCUT2D eigenvalue weighted by molar-refractivity contribution is 0.724. The quantitative estimate of drug-likeness (QED) is 0.858. The zero-order valence-electron chi connectivity index (χ0n) is 12.9. The smallest absolute Gasteiger partial charge is 0.129 e. The number of halogens is 1. The number of aryl methyl sites for hydroxylation is 1. The summed E-state index contributed by atoms with van der Waals surface area (Å²) in [4.78, 5) is 6.83. The van der Waals surface area contributed by atoms with Crippen LogP contribution in [-0.4, -0.2) is 18.6 Å². The molecule has 1 aromatic heterocycles. The van der Waals surface area contributed by atoms with E-state index in [-0.39, 0.29) is 0 Å². The molecule has 0 saturated carbocycles. The summed E-state index contributed by atoms with van der Waals surface area (Å²) in [6, 6.07) is 12.7. The van der Waals surface area contributed by atoms with E-state index in [0.717, 1.165) is 35.6 Å². The fourth-order valence-electron chi connectivity index (χ4n) is 2.23. The van der Waals surface area contributed by atoms with Crippen LogP contribution in [0.5, 0.6) is 0 Å². The molecule has 0 spiro atoms. The second kappa shape index (κ2) is 7.57.